The summed E-state index contributed by atoms with van der Waals surface area (Å²) >= 11 is 11.9. The maximum absolute atomic E-state index is 14.4. The van der Waals surface area contributed by atoms with E-state index in [0.717, 1.165) is 17.8 Å². The van der Waals surface area contributed by atoms with Crippen LogP contribution in [0.1, 0.15) is 28.3 Å². The van der Waals surface area contributed by atoms with Gasteiger partial charge in [0.25, 0.3) is 0 Å². The monoisotopic (exact) mass is 371 g/mol. The maximum atomic E-state index is 14.4. The highest BCUT2D eigenvalue weighted by atomic mass is 35.5. The number of carbonyl (C=O) groups is 1. The molecule has 1 aliphatic heterocycles. The van der Waals surface area contributed by atoms with Gasteiger partial charge in [-0.05, 0) is 36.8 Å². The Hall–Kier alpha value is -1.85. The van der Waals surface area contributed by atoms with E-state index in [1.54, 1.807) is 18.2 Å². The first kappa shape index (κ1) is 17.0. The number of hydrogen-bond acceptors (Lipinski definition) is 2. The Morgan fingerprint density at radius 1 is 1.17 bits per heavy atom. The van der Waals surface area contributed by atoms with Gasteiger partial charge in [0.15, 0.2) is 0 Å². The van der Waals surface area contributed by atoms with Crippen LogP contribution < -0.4 is 4.90 Å². The quantitative estimate of drug-likeness (QED) is 0.828. The second-order valence-corrected chi connectivity index (χ2v) is 6.47. The zero-order valence-corrected chi connectivity index (χ0v) is 13.9. The minimum Gasteiger partial charge on any atom is -0.478 e. The third-order valence-electron chi connectivity index (χ3n) is 4.22. The van der Waals surface area contributed by atoms with Crippen LogP contribution in [-0.4, -0.2) is 24.2 Å². The van der Waals surface area contributed by atoms with Gasteiger partial charge in [0.2, 0.25) is 0 Å². The fourth-order valence-electron chi connectivity index (χ4n) is 3.02. The van der Waals surface area contributed by atoms with E-state index in [0.29, 0.717) is 29.6 Å². The lowest BCUT2D eigenvalue weighted by molar-refractivity contribution is 0.0691. The lowest BCUT2D eigenvalue weighted by atomic mass is 9.95. The lowest BCUT2D eigenvalue weighted by Gasteiger charge is -2.20. The molecule has 0 bridgehead atoms. The summed E-state index contributed by atoms with van der Waals surface area (Å²) in [5.41, 5.74) is 0.124. The Bertz CT molecular complexity index is 813. The van der Waals surface area contributed by atoms with Crippen molar-refractivity contribution in [3.63, 3.8) is 0 Å². The van der Waals surface area contributed by atoms with Gasteiger partial charge in [-0.15, -0.1) is 0 Å². The second kappa shape index (κ2) is 6.57. The van der Waals surface area contributed by atoms with Gasteiger partial charge in [0.1, 0.15) is 11.6 Å². The van der Waals surface area contributed by atoms with Gasteiger partial charge in [-0.1, -0.05) is 23.2 Å². The van der Waals surface area contributed by atoms with Crippen LogP contribution in [0.4, 0.5) is 14.5 Å². The van der Waals surface area contributed by atoms with E-state index in [1.165, 1.54) is 0 Å². The van der Waals surface area contributed by atoms with Crippen LogP contribution in [-0.2, 0) is 0 Å². The molecule has 0 spiro atoms. The van der Waals surface area contributed by atoms with Crippen molar-refractivity contribution in [3.05, 3.63) is 63.1 Å². The number of benzene rings is 2. The molecule has 3 rings (SSSR count). The van der Waals surface area contributed by atoms with Gasteiger partial charge in [-0.2, -0.15) is 0 Å². The number of hydrogen-bond donors (Lipinski definition) is 1. The number of carboxylic acids is 1. The average Bonchev–Trinajstić information content (AvgIpc) is 2.99. The van der Waals surface area contributed by atoms with E-state index >= 15 is 0 Å². The summed E-state index contributed by atoms with van der Waals surface area (Å²) in [5, 5.41) is 9.85. The van der Waals surface area contributed by atoms with Crippen molar-refractivity contribution in [1.29, 1.82) is 0 Å². The van der Waals surface area contributed by atoms with Gasteiger partial charge < -0.3 is 10.0 Å². The van der Waals surface area contributed by atoms with Crippen molar-refractivity contribution < 1.29 is 18.7 Å². The highest BCUT2D eigenvalue weighted by molar-refractivity contribution is 6.42. The van der Waals surface area contributed by atoms with E-state index in [2.05, 4.69) is 0 Å². The summed E-state index contributed by atoms with van der Waals surface area (Å²) in [6, 6.07) is 7.11. The molecule has 1 fully saturated rings. The number of carboxylic acid groups (broad SMARTS) is 1. The Morgan fingerprint density at radius 3 is 2.58 bits per heavy atom. The molecule has 1 unspecified atom stereocenters. The van der Waals surface area contributed by atoms with Crippen LogP contribution in [0.3, 0.4) is 0 Å². The molecule has 0 saturated carbocycles. The van der Waals surface area contributed by atoms with Crippen LogP contribution in [0, 0.1) is 11.6 Å². The SMILES string of the molecule is O=C(O)c1ccc(F)c(C2CCN(c3ccc(Cl)c(Cl)c3)C2)c1F. The summed E-state index contributed by atoms with van der Waals surface area (Å²) in [5.74, 6) is -3.56. The summed E-state index contributed by atoms with van der Waals surface area (Å²) in [4.78, 5) is 13.0. The normalized spacial score (nSPS) is 17.3. The van der Waals surface area contributed by atoms with Gasteiger partial charge >= 0.3 is 5.97 Å². The molecule has 0 radical (unpaired) electrons. The van der Waals surface area contributed by atoms with Crippen LogP contribution >= 0.6 is 23.2 Å². The highest BCUT2D eigenvalue weighted by Crippen LogP contribution is 2.36. The number of aromatic carboxylic acids is 1. The molecular formula is C17H13Cl2F2NO2. The smallest absolute Gasteiger partial charge is 0.338 e. The molecule has 0 aliphatic carbocycles. The molecule has 2 aromatic rings. The topological polar surface area (TPSA) is 40.5 Å². The van der Waals surface area contributed by atoms with E-state index in [-0.39, 0.29) is 5.56 Å². The Kier molecular flexibility index (Phi) is 4.65. The van der Waals surface area contributed by atoms with E-state index in [4.69, 9.17) is 28.3 Å². The first-order valence-corrected chi connectivity index (χ1v) is 8.05. The molecule has 1 heterocycles. The Balaban J connectivity index is 1.89. The van der Waals surface area contributed by atoms with Crippen molar-refractivity contribution in [2.75, 3.05) is 18.0 Å². The summed E-state index contributed by atoms with van der Waals surface area (Å²) < 4.78 is 28.5. The molecule has 126 valence electrons. The first-order chi connectivity index (χ1) is 11.4. The largest absolute Gasteiger partial charge is 0.478 e. The summed E-state index contributed by atoms with van der Waals surface area (Å²) in [6.45, 7) is 0.952. The summed E-state index contributed by atoms with van der Waals surface area (Å²) in [7, 11) is 0. The predicted molar refractivity (Wildman–Crippen MR) is 89.4 cm³/mol. The molecule has 2 aromatic carbocycles. The lowest BCUT2D eigenvalue weighted by Crippen LogP contribution is -2.20. The predicted octanol–water partition coefficient (Wildman–Crippen LogP) is 4.96. The van der Waals surface area contributed by atoms with Crippen molar-refractivity contribution in [2.24, 2.45) is 0 Å². The molecule has 1 saturated heterocycles. The van der Waals surface area contributed by atoms with Crippen LogP contribution in [0.2, 0.25) is 10.0 Å². The molecule has 0 aromatic heterocycles. The molecule has 0 amide bonds. The third kappa shape index (κ3) is 3.06. The van der Waals surface area contributed by atoms with Gasteiger partial charge in [0, 0.05) is 30.3 Å². The maximum Gasteiger partial charge on any atom is 0.338 e. The zero-order chi connectivity index (χ0) is 17.4. The Morgan fingerprint density at radius 2 is 1.92 bits per heavy atom. The first-order valence-electron chi connectivity index (χ1n) is 7.29. The van der Waals surface area contributed by atoms with E-state index in [1.807, 2.05) is 4.90 Å². The van der Waals surface area contributed by atoms with Gasteiger partial charge in [-0.3, -0.25) is 0 Å². The van der Waals surface area contributed by atoms with Gasteiger partial charge in [0.05, 0.1) is 15.6 Å². The molecule has 1 aliphatic rings. The van der Waals surface area contributed by atoms with Gasteiger partial charge in [-0.25, -0.2) is 13.6 Å². The third-order valence-corrected chi connectivity index (χ3v) is 4.96. The number of rotatable bonds is 3. The van der Waals surface area contributed by atoms with E-state index in [9.17, 15) is 13.6 Å². The molecule has 1 N–H and O–H groups in total. The molecular weight excluding hydrogens is 359 g/mol. The van der Waals surface area contributed by atoms with Crippen LogP contribution in [0.5, 0.6) is 0 Å². The summed E-state index contributed by atoms with van der Waals surface area (Å²) in [6.07, 6.45) is 0.511. The number of anilines is 1. The fourth-order valence-corrected chi connectivity index (χ4v) is 3.31. The molecule has 7 heteroatoms. The highest BCUT2D eigenvalue weighted by Gasteiger charge is 2.31. The minimum absolute atomic E-state index is 0.169. The minimum atomic E-state index is -1.41. The van der Waals surface area contributed by atoms with E-state index < -0.39 is 29.1 Å². The fraction of sp³-hybridized carbons (Fsp3) is 0.235. The molecule has 1 atom stereocenters. The van der Waals surface area contributed by atoms with Crippen molar-refractivity contribution >= 4 is 34.9 Å². The van der Waals surface area contributed by atoms with Crippen LogP contribution in [0.15, 0.2) is 30.3 Å². The molecule has 3 nitrogen and oxygen atoms in total. The van der Waals surface area contributed by atoms with Crippen molar-refractivity contribution in [3.8, 4) is 0 Å². The zero-order valence-electron chi connectivity index (χ0n) is 12.4. The second-order valence-electron chi connectivity index (χ2n) is 5.66. The molecule has 24 heavy (non-hydrogen) atoms. The standard InChI is InChI=1S/C17H13Cl2F2NO2/c18-12-3-1-10(7-13(12)19)22-6-5-9(8-22)15-14(20)4-2-11(16(15)21)17(23)24/h1-4,7,9H,5-6,8H2,(H,23,24). The average molecular weight is 372 g/mol. The van der Waals surface area contributed by atoms with Crippen molar-refractivity contribution in [2.45, 2.75) is 12.3 Å². The number of nitrogens with zero attached hydrogens (tertiary/aromatic N) is 1. The Labute approximate surface area is 147 Å². The van der Waals surface area contributed by atoms with Crippen molar-refractivity contribution in [1.82, 2.24) is 0 Å². The van der Waals surface area contributed by atoms with Crippen LogP contribution in [0.25, 0.3) is 0 Å². The number of halogens is 4.